The monoisotopic (exact) mass is 416 g/mol. The van der Waals surface area contributed by atoms with Gasteiger partial charge in [-0.3, -0.25) is 4.90 Å². The van der Waals surface area contributed by atoms with E-state index >= 15 is 0 Å². The summed E-state index contributed by atoms with van der Waals surface area (Å²) in [4.78, 5) is 6.48. The normalized spacial score (nSPS) is 14.3. The molecule has 0 unspecified atom stereocenters. The fraction of sp³-hybridized carbons (Fsp3) is 0.526. The summed E-state index contributed by atoms with van der Waals surface area (Å²) in [7, 11) is 1.74. The number of benzene rings is 1. The van der Waals surface area contributed by atoms with Crippen LogP contribution in [0.25, 0.3) is 0 Å². The van der Waals surface area contributed by atoms with Gasteiger partial charge in [-0.1, -0.05) is 6.07 Å². The van der Waals surface area contributed by atoms with Crippen LogP contribution in [-0.2, 0) is 24.4 Å². The Labute approximate surface area is 174 Å². The van der Waals surface area contributed by atoms with Crippen LogP contribution < -0.4 is 10.1 Å². The molecular formula is C19H30Cl2N4O2. The topological polar surface area (TPSA) is 51.5 Å². The van der Waals surface area contributed by atoms with E-state index in [1.807, 2.05) is 18.7 Å². The summed E-state index contributed by atoms with van der Waals surface area (Å²) in [5.74, 6) is 0.968. The van der Waals surface area contributed by atoms with Crippen molar-refractivity contribution >= 4 is 24.8 Å². The summed E-state index contributed by atoms with van der Waals surface area (Å²) in [5, 5.41) is 3.52. The van der Waals surface area contributed by atoms with Gasteiger partial charge >= 0.3 is 0 Å². The number of rotatable bonds is 9. The van der Waals surface area contributed by atoms with Crippen molar-refractivity contribution in [3.63, 3.8) is 0 Å². The second kappa shape index (κ2) is 13.0. The minimum atomic E-state index is 0. The molecular weight excluding hydrogens is 387 g/mol. The summed E-state index contributed by atoms with van der Waals surface area (Å²) in [6, 6.07) is 6.49. The first-order chi connectivity index (χ1) is 12.3. The predicted molar refractivity (Wildman–Crippen MR) is 112 cm³/mol. The molecule has 1 N–H and O–H groups in total. The smallest absolute Gasteiger partial charge is 0.123 e. The zero-order valence-electron chi connectivity index (χ0n) is 15.8. The number of halogens is 2. The lowest BCUT2D eigenvalue weighted by molar-refractivity contribution is 0.0339. The van der Waals surface area contributed by atoms with Crippen LogP contribution in [0.4, 0.5) is 0 Å². The van der Waals surface area contributed by atoms with E-state index in [-0.39, 0.29) is 24.8 Å². The van der Waals surface area contributed by atoms with Gasteiger partial charge in [0.2, 0.25) is 0 Å². The third-order valence-electron chi connectivity index (χ3n) is 4.50. The zero-order chi connectivity index (χ0) is 17.3. The maximum Gasteiger partial charge on any atom is 0.123 e. The quantitative estimate of drug-likeness (QED) is 0.636. The van der Waals surface area contributed by atoms with Crippen LogP contribution in [0, 0.1) is 0 Å². The van der Waals surface area contributed by atoms with Gasteiger partial charge in [0.05, 0.1) is 26.7 Å². The highest BCUT2D eigenvalue weighted by atomic mass is 35.5. The number of nitrogens with one attached hydrogen (secondary N) is 1. The molecule has 0 atom stereocenters. The van der Waals surface area contributed by atoms with Crippen LogP contribution in [0.5, 0.6) is 5.75 Å². The van der Waals surface area contributed by atoms with Gasteiger partial charge < -0.3 is 19.4 Å². The Morgan fingerprint density at radius 3 is 2.74 bits per heavy atom. The van der Waals surface area contributed by atoms with Crippen LogP contribution in [0.2, 0.25) is 0 Å². The van der Waals surface area contributed by atoms with Crippen molar-refractivity contribution in [1.29, 1.82) is 0 Å². The Balaban J connectivity index is 0.00000182. The predicted octanol–water partition coefficient (Wildman–Crippen LogP) is 2.75. The highest BCUT2D eigenvalue weighted by Crippen LogP contribution is 2.22. The summed E-state index contributed by atoms with van der Waals surface area (Å²) in [6.07, 6.45) is 6.77. The molecule has 0 amide bonds. The van der Waals surface area contributed by atoms with Gasteiger partial charge in [0.15, 0.2) is 0 Å². The molecule has 6 nitrogen and oxygen atoms in total. The van der Waals surface area contributed by atoms with E-state index in [0.29, 0.717) is 0 Å². The molecule has 1 aliphatic heterocycles. The molecule has 0 bridgehead atoms. The molecule has 1 aliphatic rings. The van der Waals surface area contributed by atoms with E-state index in [4.69, 9.17) is 9.47 Å². The Morgan fingerprint density at radius 2 is 2.04 bits per heavy atom. The number of methoxy groups -OCH3 is 1. The third kappa shape index (κ3) is 7.68. The van der Waals surface area contributed by atoms with E-state index in [0.717, 1.165) is 64.7 Å². The highest BCUT2D eigenvalue weighted by molar-refractivity contribution is 5.85. The summed E-state index contributed by atoms with van der Waals surface area (Å²) >= 11 is 0. The number of aromatic nitrogens is 2. The van der Waals surface area contributed by atoms with Gasteiger partial charge in [-0.25, -0.2) is 4.98 Å². The van der Waals surface area contributed by atoms with E-state index < -0.39 is 0 Å². The number of imidazole rings is 1. The van der Waals surface area contributed by atoms with Crippen LogP contribution in [0.1, 0.15) is 17.5 Å². The number of aryl methyl sites for hydroxylation is 1. The molecule has 1 aromatic carbocycles. The van der Waals surface area contributed by atoms with E-state index in [9.17, 15) is 0 Å². The van der Waals surface area contributed by atoms with Gasteiger partial charge in [0.1, 0.15) is 5.75 Å². The third-order valence-corrected chi connectivity index (χ3v) is 4.50. The maximum atomic E-state index is 5.54. The largest absolute Gasteiger partial charge is 0.496 e. The van der Waals surface area contributed by atoms with Crippen molar-refractivity contribution in [2.75, 3.05) is 40.0 Å². The number of nitrogens with zero attached hydrogens (tertiary/aromatic N) is 3. The zero-order valence-corrected chi connectivity index (χ0v) is 17.4. The first-order valence-corrected chi connectivity index (χ1v) is 8.97. The second-order valence-electron chi connectivity index (χ2n) is 6.37. The molecule has 1 saturated heterocycles. The Bertz CT molecular complexity index is 635. The Morgan fingerprint density at radius 1 is 1.22 bits per heavy atom. The number of hydrogen-bond acceptors (Lipinski definition) is 5. The summed E-state index contributed by atoms with van der Waals surface area (Å²) in [5.41, 5.74) is 2.55. The molecule has 2 heterocycles. The van der Waals surface area contributed by atoms with E-state index in [2.05, 4.69) is 38.0 Å². The number of hydrogen-bond donors (Lipinski definition) is 1. The molecule has 0 spiro atoms. The first-order valence-electron chi connectivity index (χ1n) is 8.97. The van der Waals surface area contributed by atoms with Gasteiger partial charge in [-0.15, -0.1) is 24.8 Å². The lowest BCUT2D eigenvalue weighted by Gasteiger charge is -2.27. The second-order valence-corrected chi connectivity index (χ2v) is 6.37. The molecule has 1 fully saturated rings. The maximum absolute atomic E-state index is 5.54. The van der Waals surface area contributed by atoms with Crippen LogP contribution >= 0.6 is 24.8 Å². The van der Waals surface area contributed by atoms with Crippen molar-refractivity contribution in [3.05, 3.63) is 48.0 Å². The Kier molecular flexibility index (Phi) is 11.4. The molecule has 0 aliphatic carbocycles. The molecule has 3 rings (SSSR count). The highest BCUT2D eigenvalue weighted by Gasteiger charge is 2.13. The van der Waals surface area contributed by atoms with Crippen molar-refractivity contribution in [1.82, 2.24) is 19.8 Å². The standard InChI is InChI=1S/C19H28N4O2.2ClH/c1-24-19-4-3-17(13-18(19)15-22-9-11-25-12-10-22)14-20-5-2-7-23-8-6-21-16-23;;/h3-4,6,8,13,16,20H,2,5,7,9-12,14-15H2,1H3;2*1H. The summed E-state index contributed by atoms with van der Waals surface area (Å²) in [6.45, 7) is 7.40. The van der Waals surface area contributed by atoms with Gasteiger partial charge in [-0.05, 0) is 30.7 Å². The fourth-order valence-corrected chi connectivity index (χ4v) is 3.10. The van der Waals surface area contributed by atoms with Crippen molar-refractivity contribution < 1.29 is 9.47 Å². The van der Waals surface area contributed by atoms with E-state index in [1.165, 1.54) is 11.1 Å². The number of morpholine rings is 1. The summed E-state index contributed by atoms with van der Waals surface area (Å²) < 4.78 is 13.1. The lowest BCUT2D eigenvalue weighted by atomic mass is 10.1. The SMILES string of the molecule is COc1ccc(CNCCCn2ccnc2)cc1CN1CCOCC1.Cl.Cl. The fourth-order valence-electron chi connectivity index (χ4n) is 3.10. The van der Waals surface area contributed by atoms with Gasteiger partial charge in [-0.2, -0.15) is 0 Å². The molecule has 0 saturated carbocycles. The molecule has 0 radical (unpaired) electrons. The van der Waals surface area contributed by atoms with Crippen molar-refractivity contribution in [2.45, 2.75) is 26.1 Å². The van der Waals surface area contributed by atoms with Crippen LogP contribution in [0.3, 0.4) is 0 Å². The van der Waals surface area contributed by atoms with Gasteiger partial charge in [0, 0.05) is 50.7 Å². The minimum Gasteiger partial charge on any atom is -0.496 e. The molecule has 8 heteroatoms. The average molecular weight is 417 g/mol. The van der Waals surface area contributed by atoms with Gasteiger partial charge in [0.25, 0.3) is 0 Å². The Hall–Kier alpha value is -1.31. The van der Waals surface area contributed by atoms with E-state index in [1.54, 1.807) is 7.11 Å². The van der Waals surface area contributed by atoms with Crippen LogP contribution in [-0.4, -0.2) is 54.4 Å². The first kappa shape index (κ1) is 23.7. The van der Waals surface area contributed by atoms with Crippen molar-refractivity contribution in [3.8, 4) is 5.75 Å². The molecule has 1 aromatic heterocycles. The van der Waals surface area contributed by atoms with Crippen molar-refractivity contribution in [2.24, 2.45) is 0 Å². The average Bonchev–Trinajstić information content (AvgIpc) is 3.16. The van der Waals surface area contributed by atoms with Crippen LogP contribution in [0.15, 0.2) is 36.9 Å². The molecule has 27 heavy (non-hydrogen) atoms. The lowest BCUT2D eigenvalue weighted by Crippen LogP contribution is -2.35. The molecule has 2 aromatic rings. The minimum absolute atomic E-state index is 0. The number of ether oxygens (including phenoxy) is 2. The molecule has 152 valence electrons.